The molecular formula is C37H42FNO4. The quantitative estimate of drug-likeness (QED) is 0.232. The van der Waals surface area contributed by atoms with Gasteiger partial charge in [0.05, 0.1) is 12.5 Å². The van der Waals surface area contributed by atoms with Gasteiger partial charge < -0.3 is 15.2 Å². The van der Waals surface area contributed by atoms with Crippen LogP contribution in [0.15, 0.2) is 66.7 Å². The molecule has 0 aromatic heterocycles. The lowest BCUT2D eigenvalue weighted by molar-refractivity contribution is -0.141. The standard InChI is InChI=1S/C37H42FNO4/c1-2-12-43-34-19-33(38)29(17-30(36(41)42)16-24-6-4-3-5-7-24)18-31(34)23-39-35(40)28-8-10-32(11-9-28)37-20-25-13-26(21-37)15-27(14-25)22-37/h3-11,18-19,25-27,30H,2,12-17,20-23H2,1H3,(H,39,40)(H,41,42)/t25?,26?,27?,30-,37?/m1/s1. The number of carbonyl (C=O) groups excluding carboxylic acids is 1. The highest BCUT2D eigenvalue weighted by Gasteiger charge is 2.51. The Labute approximate surface area is 253 Å². The summed E-state index contributed by atoms with van der Waals surface area (Å²) in [5.74, 6) is 0.512. The Morgan fingerprint density at radius 3 is 2.19 bits per heavy atom. The lowest BCUT2D eigenvalue weighted by Crippen LogP contribution is -2.48. The van der Waals surface area contributed by atoms with Gasteiger partial charge in [0.1, 0.15) is 11.6 Å². The minimum atomic E-state index is -0.971. The van der Waals surface area contributed by atoms with Gasteiger partial charge in [-0.3, -0.25) is 9.59 Å². The van der Waals surface area contributed by atoms with E-state index in [2.05, 4.69) is 17.4 Å². The van der Waals surface area contributed by atoms with Gasteiger partial charge in [0.25, 0.3) is 5.91 Å². The molecule has 1 atom stereocenters. The van der Waals surface area contributed by atoms with E-state index in [4.69, 9.17) is 4.74 Å². The van der Waals surface area contributed by atoms with Crippen LogP contribution in [0, 0.1) is 29.5 Å². The van der Waals surface area contributed by atoms with Gasteiger partial charge in [0, 0.05) is 23.7 Å². The summed E-state index contributed by atoms with van der Waals surface area (Å²) in [6.45, 7) is 2.54. The molecule has 3 aromatic rings. The summed E-state index contributed by atoms with van der Waals surface area (Å²) >= 11 is 0. The number of rotatable bonds is 12. The zero-order chi connectivity index (χ0) is 30.0. The second-order valence-electron chi connectivity index (χ2n) is 13.3. The fourth-order valence-electron chi connectivity index (χ4n) is 8.42. The molecule has 0 saturated heterocycles. The molecule has 1 amide bonds. The van der Waals surface area contributed by atoms with Crippen LogP contribution in [0.25, 0.3) is 0 Å². The molecule has 4 aliphatic carbocycles. The first-order valence-electron chi connectivity index (χ1n) is 15.9. The SMILES string of the molecule is CCCOc1cc(F)c(C[C@@H](Cc2ccccc2)C(=O)O)cc1CNC(=O)c1ccc(C23CC4CC(CC(C4)C2)C3)cc1. The van der Waals surface area contributed by atoms with Crippen LogP contribution in [0.5, 0.6) is 5.75 Å². The molecule has 0 heterocycles. The van der Waals surface area contributed by atoms with Gasteiger partial charge >= 0.3 is 5.97 Å². The Morgan fingerprint density at radius 1 is 0.930 bits per heavy atom. The van der Waals surface area contributed by atoms with E-state index in [0.29, 0.717) is 35.5 Å². The van der Waals surface area contributed by atoms with Crippen molar-refractivity contribution in [3.8, 4) is 5.75 Å². The van der Waals surface area contributed by atoms with Gasteiger partial charge in [-0.05, 0) is 116 Å². The predicted octanol–water partition coefficient (Wildman–Crippen LogP) is 7.50. The number of carboxylic acids is 1. The van der Waals surface area contributed by atoms with Gasteiger partial charge in [-0.25, -0.2) is 4.39 Å². The Kier molecular flexibility index (Phi) is 8.56. The first-order valence-corrected chi connectivity index (χ1v) is 15.9. The van der Waals surface area contributed by atoms with Crippen LogP contribution in [0.4, 0.5) is 4.39 Å². The van der Waals surface area contributed by atoms with Crippen LogP contribution in [-0.4, -0.2) is 23.6 Å². The predicted molar refractivity (Wildman–Crippen MR) is 165 cm³/mol. The third-order valence-corrected chi connectivity index (χ3v) is 10.1. The maximum absolute atomic E-state index is 15.2. The minimum absolute atomic E-state index is 0.0385. The normalized spacial score (nSPS) is 24.5. The summed E-state index contributed by atoms with van der Waals surface area (Å²) in [4.78, 5) is 25.3. The molecule has 4 aliphatic rings. The number of carbonyl (C=O) groups is 2. The molecule has 4 bridgehead atoms. The maximum atomic E-state index is 15.2. The van der Waals surface area contributed by atoms with E-state index in [1.165, 1.54) is 50.2 Å². The number of nitrogens with one attached hydrogen (secondary N) is 1. The van der Waals surface area contributed by atoms with Crippen LogP contribution in [0.2, 0.25) is 0 Å². The van der Waals surface area contributed by atoms with Crippen LogP contribution in [-0.2, 0) is 29.6 Å². The van der Waals surface area contributed by atoms with Gasteiger partial charge in [0.15, 0.2) is 0 Å². The first kappa shape index (κ1) is 29.4. The molecule has 7 rings (SSSR count). The van der Waals surface area contributed by atoms with E-state index in [1.807, 2.05) is 49.4 Å². The second kappa shape index (κ2) is 12.5. The molecule has 4 saturated carbocycles. The molecule has 6 heteroatoms. The summed E-state index contributed by atoms with van der Waals surface area (Å²) in [6.07, 6.45) is 9.15. The molecule has 2 N–H and O–H groups in total. The van der Waals surface area contributed by atoms with Crippen molar-refractivity contribution in [3.63, 3.8) is 0 Å². The Hall–Kier alpha value is -3.67. The van der Waals surface area contributed by atoms with Gasteiger partial charge in [-0.2, -0.15) is 0 Å². The first-order chi connectivity index (χ1) is 20.8. The summed E-state index contributed by atoms with van der Waals surface area (Å²) < 4.78 is 21.1. The lowest BCUT2D eigenvalue weighted by atomic mass is 9.48. The number of halogens is 1. The number of ether oxygens (including phenoxy) is 1. The molecule has 0 aliphatic heterocycles. The van der Waals surface area contributed by atoms with Gasteiger partial charge in [0.2, 0.25) is 0 Å². The minimum Gasteiger partial charge on any atom is -0.493 e. The lowest BCUT2D eigenvalue weighted by Gasteiger charge is -2.57. The second-order valence-corrected chi connectivity index (χ2v) is 13.3. The van der Waals surface area contributed by atoms with Crippen molar-refractivity contribution < 1.29 is 23.8 Å². The molecular weight excluding hydrogens is 541 g/mol. The van der Waals surface area contributed by atoms with E-state index in [1.54, 1.807) is 6.07 Å². The largest absolute Gasteiger partial charge is 0.493 e. The number of carboxylic acid groups (broad SMARTS) is 1. The van der Waals surface area contributed by atoms with Crippen molar-refractivity contribution in [3.05, 3.63) is 100 Å². The Balaban J connectivity index is 1.16. The monoisotopic (exact) mass is 583 g/mol. The van der Waals surface area contributed by atoms with Crippen LogP contribution in [0.3, 0.4) is 0 Å². The van der Waals surface area contributed by atoms with Crippen molar-refractivity contribution in [1.82, 2.24) is 5.32 Å². The zero-order valence-electron chi connectivity index (χ0n) is 25.0. The highest BCUT2D eigenvalue weighted by Crippen LogP contribution is 2.60. The molecule has 3 aromatic carbocycles. The highest BCUT2D eigenvalue weighted by atomic mass is 19.1. The van der Waals surface area contributed by atoms with Crippen molar-refractivity contribution in [2.75, 3.05) is 6.61 Å². The molecule has 43 heavy (non-hydrogen) atoms. The summed E-state index contributed by atoms with van der Waals surface area (Å²) in [5, 5.41) is 12.9. The van der Waals surface area contributed by atoms with Crippen molar-refractivity contribution in [2.24, 2.45) is 23.7 Å². The van der Waals surface area contributed by atoms with Crippen molar-refractivity contribution in [2.45, 2.75) is 76.7 Å². The topological polar surface area (TPSA) is 75.6 Å². The number of benzene rings is 3. The number of hydrogen-bond acceptors (Lipinski definition) is 3. The van der Waals surface area contributed by atoms with Gasteiger partial charge in [-0.1, -0.05) is 49.4 Å². The molecule has 0 unspecified atom stereocenters. The third kappa shape index (κ3) is 6.48. The molecule has 0 spiro atoms. The van der Waals surface area contributed by atoms with E-state index < -0.39 is 17.7 Å². The highest BCUT2D eigenvalue weighted by molar-refractivity contribution is 5.94. The van der Waals surface area contributed by atoms with E-state index in [0.717, 1.165) is 29.7 Å². The molecule has 0 radical (unpaired) electrons. The zero-order valence-corrected chi connectivity index (χ0v) is 25.0. The van der Waals surface area contributed by atoms with Crippen LogP contribution in [0.1, 0.15) is 84.5 Å². The average Bonchev–Trinajstić information content (AvgIpc) is 2.99. The van der Waals surface area contributed by atoms with E-state index >= 15 is 4.39 Å². The van der Waals surface area contributed by atoms with E-state index in [9.17, 15) is 14.7 Å². The van der Waals surface area contributed by atoms with Crippen molar-refractivity contribution in [1.29, 1.82) is 0 Å². The fourth-order valence-corrected chi connectivity index (χ4v) is 8.42. The maximum Gasteiger partial charge on any atom is 0.307 e. The van der Waals surface area contributed by atoms with Gasteiger partial charge in [-0.15, -0.1) is 0 Å². The van der Waals surface area contributed by atoms with Crippen molar-refractivity contribution >= 4 is 11.9 Å². The Morgan fingerprint density at radius 2 is 1.58 bits per heavy atom. The number of aliphatic carboxylic acids is 1. The van der Waals surface area contributed by atoms with Crippen LogP contribution < -0.4 is 10.1 Å². The Bertz CT molecular complexity index is 1420. The molecule has 4 fully saturated rings. The number of amides is 1. The van der Waals surface area contributed by atoms with E-state index in [-0.39, 0.29) is 24.3 Å². The van der Waals surface area contributed by atoms with Crippen LogP contribution >= 0.6 is 0 Å². The average molecular weight is 584 g/mol. The summed E-state index contributed by atoms with van der Waals surface area (Å²) in [7, 11) is 0. The number of hydrogen-bond donors (Lipinski definition) is 2. The fraction of sp³-hybridized carbons (Fsp3) is 0.459. The molecule has 226 valence electrons. The smallest absolute Gasteiger partial charge is 0.307 e. The summed E-state index contributed by atoms with van der Waals surface area (Å²) in [6, 6.07) is 20.6. The summed E-state index contributed by atoms with van der Waals surface area (Å²) in [5.41, 5.74) is 4.09. The third-order valence-electron chi connectivity index (χ3n) is 10.1. The molecule has 5 nitrogen and oxygen atoms in total.